The SMILES string of the molecule is CCCNCc1ccc(N2CC(OC)C(OC)C2)cc1Br. The first-order valence-electron chi connectivity index (χ1n) is 7.49. The summed E-state index contributed by atoms with van der Waals surface area (Å²) in [7, 11) is 3.50. The second-order valence-electron chi connectivity index (χ2n) is 5.41. The molecule has 0 saturated carbocycles. The van der Waals surface area contributed by atoms with Crippen molar-refractivity contribution in [3.05, 3.63) is 28.2 Å². The molecule has 0 amide bonds. The standard InChI is InChI=1S/C16H25BrN2O2/c1-4-7-18-9-12-5-6-13(8-14(12)17)19-10-15(20-2)16(11-19)21-3/h5-6,8,15-16,18H,4,7,9-11H2,1-3H3. The van der Waals surface area contributed by atoms with Crippen molar-refractivity contribution in [1.29, 1.82) is 0 Å². The summed E-state index contributed by atoms with van der Waals surface area (Å²) in [6, 6.07) is 6.55. The molecule has 4 nitrogen and oxygen atoms in total. The van der Waals surface area contributed by atoms with Crippen LogP contribution >= 0.6 is 15.9 Å². The van der Waals surface area contributed by atoms with Crippen molar-refractivity contribution in [1.82, 2.24) is 5.32 Å². The molecule has 1 aliphatic rings. The third kappa shape index (κ3) is 4.19. The van der Waals surface area contributed by atoms with Crippen molar-refractivity contribution in [2.45, 2.75) is 32.1 Å². The second kappa shape index (κ2) is 8.13. The molecule has 1 fully saturated rings. The van der Waals surface area contributed by atoms with Crippen molar-refractivity contribution in [3.8, 4) is 0 Å². The van der Waals surface area contributed by atoms with Gasteiger partial charge in [0, 0.05) is 44.0 Å². The van der Waals surface area contributed by atoms with Crippen LogP contribution in [0.3, 0.4) is 0 Å². The second-order valence-corrected chi connectivity index (χ2v) is 6.26. The Hall–Kier alpha value is -0.620. The lowest BCUT2D eigenvalue weighted by Crippen LogP contribution is -2.27. The van der Waals surface area contributed by atoms with E-state index in [2.05, 4.69) is 51.3 Å². The number of rotatable bonds is 7. The van der Waals surface area contributed by atoms with Crippen LogP contribution in [0.4, 0.5) is 5.69 Å². The number of halogens is 1. The smallest absolute Gasteiger partial charge is 0.102 e. The molecule has 1 heterocycles. The Kier molecular flexibility index (Phi) is 6.48. The van der Waals surface area contributed by atoms with Gasteiger partial charge in [0.15, 0.2) is 0 Å². The van der Waals surface area contributed by atoms with E-state index in [4.69, 9.17) is 9.47 Å². The van der Waals surface area contributed by atoms with E-state index in [-0.39, 0.29) is 12.2 Å². The van der Waals surface area contributed by atoms with Crippen LogP contribution in [-0.2, 0) is 16.0 Å². The average molecular weight is 357 g/mol. The summed E-state index contributed by atoms with van der Waals surface area (Å²) >= 11 is 3.68. The Balaban J connectivity index is 2.03. The minimum Gasteiger partial charge on any atom is -0.377 e. The molecule has 118 valence electrons. The Labute approximate surface area is 135 Å². The van der Waals surface area contributed by atoms with Gasteiger partial charge in [0.1, 0.15) is 12.2 Å². The number of hydrogen-bond donors (Lipinski definition) is 1. The predicted molar refractivity (Wildman–Crippen MR) is 89.9 cm³/mol. The van der Waals surface area contributed by atoms with Crippen LogP contribution in [0.5, 0.6) is 0 Å². The Morgan fingerprint density at radius 2 is 1.90 bits per heavy atom. The van der Waals surface area contributed by atoms with Gasteiger partial charge in [0.25, 0.3) is 0 Å². The number of benzene rings is 1. The molecular formula is C16H25BrN2O2. The fourth-order valence-corrected chi connectivity index (χ4v) is 3.19. The fraction of sp³-hybridized carbons (Fsp3) is 0.625. The van der Waals surface area contributed by atoms with Gasteiger partial charge in [-0.1, -0.05) is 28.9 Å². The summed E-state index contributed by atoms with van der Waals surface area (Å²) in [4.78, 5) is 2.32. The normalized spacial score (nSPS) is 22.0. The number of nitrogens with one attached hydrogen (secondary N) is 1. The minimum absolute atomic E-state index is 0.139. The van der Waals surface area contributed by atoms with Crippen molar-refractivity contribution in [3.63, 3.8) is 0 Å². The van der Waals surface area contributed by atoms with E-state index < -0.39 is 0 Å². The molecule has 2 atom stereocenters. The van der Waals surface area contributed by atoms with Gasteiger partial charge in [-0.05, 0) is 30.7 Å². The quantitative estimate of drug-likeness (QED) is 0.761. The summed E-state index contributed by atoms with van der Waals surface area (Å²) in [5.74, 6) is 0. The molecule has 1 aromatic rings. The van der Waals surface area contributed by atoms with E-state index in [0.717, 1.165) is 37.1 Å². The zero-order chi connectivity index (χ0) is 15.2. The molecule has 1 aliphatic heterocycles. The lowest BCUT2D eigenvalue weighted by Gasteiger charge is -2.19. The van der Waals surface area contributed by atoms with Crippen molar-refractivity contribution >= 4 is 21.6 Å². The number of methoxy groups -OCH3 is 2. The lowest BCUT2D eigenvalue weighted by atomic mass is 10.2. The Morgan fingerprint density at radius 3 is 2.43 bits per heavy atom. The van der Waals surface area contributed by atoms with Crippen molar-refractivity contribution < 1.29 is 9.47 Å². The summed E-state index contributed by atoms with van der Waals surface area (Å²) in [5.41, 5.74) is 2.50. The van der Waals surface area contributed by atoms with E-state index in [1.807, 2.05) is 0 Å². The summed E-state index contributed by atoms with van der Waals surface area (Å²) in [5, 5.41) is 3.43. The molecule has 1 N–H and O–H groups in total. The van der Waals surface area contributed by atoms with Crippen molar-refractivity contribution in [2.24, 2.45) is 0 Å². The van der Waals surface area contributed by atoms with Gasteiger partial charge < -0.3 is 19.7 Å². The van der Waals surface area contributed by atoms with Gasteiger partial charge in [0.05, 0.1) is 0 Å². The maximum absolute atomic E-state index is 5.50. The number of anilines is 1. The van der Waals surface area contributed by atoms with E-state index in [0.29, 0.717) is 0 Å². The van der Waals surface area contributed by atoms with Gasteiger partial charge in [-0.2, -0.15) is 0 Å². The van der Waals surface area contributed by atoms with Gasteiger partial charge in [-0.3, -0.25) is 0 Å². The molecule has 2 unspecified atom stereocenters. The van der Waals surface area contributed by atoms with Crippen LogP contribution in [0.25, 0.3) is 0 Å². The summed E-state index contributed by atoms with van der Waals surface area (Å²) in [6.07, 6.45) is 1.43. The third-order valence-corrected chi connectivity index (χ3v) is 4.70. The summed E-state index contributed by atoms with van der Waals surface area (Å²) < 4.78 is 12.1. The largest absolute Gasteiger partial charge is 0.377 e. The molecule has 0 spiro atoms. The highest BCUT2D eigenvalue weighted by molar-refractivity contribution is 9.10. The molecule has 21 heavy (non-hydrogen) atoms. The van der Waals surface area contributed by atoms with E-state index >= 15 is 0 Å². The molecule has 5 heteroatoms. The Bertz CT molecular complexity index is 444. The summed E-state index contributed by atoms with van der Waals surface area (Å²) in [6.45, 7) is 5.86. The highest BCUT2D eigenvalue weighted by atomic mass is 79.9. The van der Waals surface area contributed by atoms with Gasteiger partial charge in [-0.15, -0.1) is 0 Å². The zero-order valence-corrected chi connectivity index (χ0v) is 14.6. The predicted octanol–water partition coefficient (Wildman–Crippen LogP) is 2.80. The van der Waals surface area contributed by atoms with Crippen LogP contribution in [0.2, 0.25) is 0 Å². The maximum atomic E-state index is 5.50. The number of ether oxygens (including phenoxy) is 2. The first-order valence-corrected chi connectivity index (χ1v) is 8.28. The third-order valence-electron chi connectivity index (χ3n) is 3.96. The number of nitrogens with zero attached hydrogens (tertiary/aromatic N) is 1. The minimum atomic E-state index is 0.139. The molecule has 0 aromatic heterocycles. The molecule has 2 rings (SSSR count). The molecule has 0 aliphatic carbocycles. The highest BCUT2D eigenvalue weighted by Gasteiger charge is 2.33. The topological polar surface area (TPSA) is 33.7 Å². The monoisotopic (exact) mass is 356 g/mol. The molecule has 1 saturated heterocycles. The van der Waals surface area contributed by atoms with Crippen LogP contribution in [0, 0.1) is 0 Å². The van der Waals surface area contributed by atoms with Crippen LogP contribution in [0.15, 0.2) is 22.7 Å². The van der Waals surface area contributed by atoms with Gasteiger partial charge >= 0.3 is 0 Å². The Morgan fingerprint density at radius 1 is 1.24 bits per heavy atom. The lowest BCUT2D eigenvalue weighted by molar-refractivity contribution is -0.00461. The molecule has 0 bridgehead atoms. The van der Waals surface area contributed by atoms with Gasteiger partial charge in [-0.25, -0.2) is 0 Å². The first kappa shape index (κ1) is 16.7. The van der Waals surface area contributed by atoms with E-state index in [1.54, 1.807) is 14.2 Å². The highest BCUT2D eigenvalue weighted by Crippen LogP contribution is 2.28. The zero-order valence-electron chi connectivity index (χ0n) is 13.1. The molecule has 0 radical (unpaired) electrons. The average Bonchev–Trinajstić information content (AvgIpc) is 2.92. The molecular weight excluding hydrogens is 332 g/mol. The van der Waals surface area contributed by atoms with Crippen LogP contribution < -0.4 is 10.2 Å². The van der Waals surface area contributed by atoms with E-state index in [9.17, 15) is 0 Å². The molecule has 1 aromatic carbocycles. The van der Waals surface area contributed by atoms with Crippen LogP contribution in [-0.4, -0.2) is 46.1 Å². The van der Waals surface area contributed by atoms with E-state index in [1.165, 1.54) is 11.3 Å². The number of hydrogen-bond acceptors (Lipinski definition) is 4. The fourth-order valence-electron chi connectivity index (χ4n) is 2.68. The van der Waals surface area contributed by atoms with Gasteiger partial charge in [0.2, 0.25) is 0 Å². The van der Waals surface area contributed by atoms with Crippen LogP contribution in [0.1, 0.15) is 18.9 Å². The maximum Gasteiger partial charge on any atom is 0.102 e. The first-order chi connectivity index (χ1) is 10.2. The van der Waals surface area contributed by atoms with Crippen molar-refractivity contribution in [2.75, 3.05) is 38.8 Å².